The zero-order chi connectivity index (χ0) is 23.6. The number of nitrogens with one attached hydrogen (secondary N) is 1. The monoisotopic (exact) mass is 454 g/mol. The third-order valence-corrected chi connectivity index (χ3v) is 6.54. The molecule has 1 aliphatic heterocycles. The lowest BCUT2D eigenvalue weighted by molar-refractivity contribution is -0.127. The minimum Gasteiger partial charge on any atom is -0.497 e. The summed E-state index contributed by atoms with van der Waals surface area (Å²) in [7, 11) is 2.81. The smallest absolute Gasteiger partial charge is 0.358 e. The van der Waals surface area contributed by atoms with E-state index in [9.17, 15) is 14.4 Å². The molecule has 2 heterocycles. The van der Waals surface area contributed by atoms with Gasteiger partial charge in [-0.2, -0.15) is 5.10 Å². The maximum atomic E-state index is 13.7. The molecule has 1 N–H and O–H groups in total. The molecule has 1 aliphatic carbocycles. The highest BCUT2D eigenvalue weighted by Gasteiger charge is 2.49. The number of amides is 2. The molecule has 9 heteroatoms. The molecular formula is C24H30N4O5. The zero-order valence-corrected chi connectivity index (χ0v) is 19.3. The minimum absolute atomic E-state index is 0.0277. The molecule has 1 fully saturated rings. The van der Waals surface area contributed by atoms with Crippen molar-refractivity contribution < 1.29 is 23.9 Å². The van der Waals surface area contributed by atoms with Crippen molar-refractivity contribution in [3.05, 3.63) is 41.7 Å². The first-order valence-electron chi connectivity index (χ1n) is 11.3. The second-order valence-corrected chi connectivity index (χ2v) is 8.84. The summed E-state index contributed by atoms with van der Waals surface area (Å²) in [6.45, 7) is 1.83. The van der Waals surface area contributed by atoms with Gasteiger partial charge in [0.05, 0.1) is 20.8 Å². The highest BCUT2D eigenvalue weighted by Crippen LogP contribution is 2.35. The maximum absolute atomic E-state index is 13.7. The lowest BCUT2D eigenvalue weighted by atomic mass is 9.93. The Hall–Kier alpha value is -3.36. The van der Waals surface area contributed by atoms with E-state index in [-0.39, 0.29) is 29.9 Å². The third-order valence-electron chi connectivity index (χ3n) is 6.54. The van der Waals surface area contributed by atoms with Crippen LogP contribution in [-0.4, -0.2) is 53.4 Å². The van der Waals surface area contributed by atoms with Gasteiger partial charge in [0.25, 0.3) is 5.91 Å². The van der Waals surface area contributed by atoms with Gasteiger partial charge in [-0.3, -0.25) is 19.2 Å². The van der Waals surface area contributed by atoms with Crippen LogP contribution in [0.2, 0.25) is 0 Å². The molecule has 176 valence electrons. The van der Waals surface area contributed by atoms with E-state index in [1.54, 1.807) is 38.3 Å². The fraction of sp³-hybridized carbons (Fsp3) is 0.500. The summed E-state index contributed by atoms with van der Waals surface area (Å²) in [6, 6.07) is 8.53. The lowest BCUT2D eigenvalue weighted by Gasteiger charge is -2.43. The summed E-state index contributed by atoms with van der Waals surface area (Å²) in [4.78, 5) is 41.0. The number of methoxy groups -OCH3 is 2. The third kappa shape index (κ3) is 4.31. The number of nitrogens with zero attached hydrogens (tertiary/aromatic N) is 3. The van der Waals surface area contributed by atoms with Crippen molar-refractivity contribution in [3.8, 4) is 5.75 Å². The van der Waals surface area contributed by atoms with E-state index < -0.39 is 17.4 Å². The minimum atomic E-state index is -1.26. The summed E-state index contributed by atoms with van der Waals surface area (Å²) in [5.41, 5.74) is -0.481. The summed E-state index contributed by atoms with van der Waals surface area (Å²) in [6.07, 6.45) is 6.34. The molecule has 0 radical (unpaired) electrons. The number of carbonyl (C=O) groups excluding carboxylic acids is 3. The number of hydrogen-bond donors (Lipinski definition) is 1. The highest BCUT2D eigenvalue weighted by molar-refractivity contribution is 6.12. The average Bonchev–Trinajstić information content (AvgIpc) is 3.07. The Balaban J connectivity index is 1.75. The fourth-order valence-electron chi connectivity index (χ4n) is 4.70. The topological polar surface area (TPSA) is 103 Å². The van der Waals surface area contributed by atoms with Crippen LogP contribution in [0.5, 0.6) is 5.75 Å². The largest absolute Gasteiger partial charge is 0.497 e. The Labute approximate surface area is 193 Å². The summed E-state index contributed by atoms with van der Waals surface area (Å²) in [5, 5.41) is 7.46. The number of rotatable bonds is 5. The second kappa shape index (κ2) is 9.25. The Morgan fingerprint density at radius 3 is 2.52 bits per heavy atom. The Kier molecular flexibility index (Phi) is 6.40. The number of ether oxygens (including phenoxy) is 2. The van der Waals surface area contributed by atoms with Crippen molar-refractivity contribution >= 4 is 23.5 Å². The maximum Gasteiger partial charge on any atom is 0.358 e. The molecule has 0 bridgehead atoms. The molecule has 1 saturated carbocycles. The first-order valence-corrected chi connectivity index (χ1v) is 11.3. The quantitative estimate of drug-likeness (QED) is 0.550. The van der Waals surface area contributed by atoms with Crippen molar-refractivity contribution in [1.82, 2.24) is 15.1 Å². The molecule has 0 saturated heterocycles. The van der Waals surface area contributed by atoms with Crippen LogP contribution in [0.1, 0.15) is 66.4 Å². The molecule has 2 aromatic rings. The van der Waals surface area contributed by atoms with Gasteiger partial charge in [0.2, 0.25) is 5.91 Å². The van der Waals surface area contributed by atoms with Gasteiger partial charge in [0.1, 0.15) is 17.0 Å². The SMILES string of the molecule is COC(=O)c1cc2n(n1)C[C@@](C)(C(=O)NC1CCCCCC1)N(c1cccc(OC)c1)C2=O. The first-order chi connectivity index (χ1) is 15.9. The number of esters is 1. The van der Waals surface area contributed by atoms with Crippen LogP contribution in [0.4, 0.5) is 5.69 Å². The van der Waals surface area contributed by atoms with Crippen LogP contribution in [0, 0.1) is 0 Å². The predicted molar refractivity (Wildman–Crippen MR) is 121 cm³/mol. The van der Waals surface area contributed by atoms with E-state index in [2.05, 4.69) is 10.4 Å². The van der Waals surface area contributed by atoms with Gasteiger partial charge < -0.3 is 14.8 Å². The van der Waals surface area contributed by atoms with Crippen LogP contribution >= 0.6 is 0 Å². The van der Waals surface area contributed by atoms with E-state index in [1.807, 2.05) is 0 Å². The molecule has 2 amide bonds. The van der Waals surface area contributed by atoms with Gasteiger partial charge in [0, 0.05) is 23.9 Å². The number of hydrogen-bond acceptors (Lipinski definition) is 6. The summed E-state index contributed by atoms with van der Waals surface area (Å²) < 4.78 is 11.5. The van der Waals surface area contributed by atoms with Gasteiger partial charge >= 0.3 is 5.97 Å². The van der Waals surface area contributed by atoms with E-state index in [0.717, 1.165) is 25.7 Å². The Bertz CT molecular complexity index is 1060. The van der Waals surface area contributed by atoms with Crippen molar-refractivity contribution in [2.45, 2.75) is 63.6 Å². The van der Waals surface area contributed by atoms with E-state index in [1.165, 1.54) is 35.6 Å². The molecular weight excluding hydrogens is 424 g/mol. The standard InChI is InChI=1S/C24H30N4O5/c1-24(23(31)25-16-9-6-4-5-7-10-16)15-27-20(14-19(26-27)22(30)33-3)21(29)28(24)17-11-8-12-18(13-17)32-2/h8,11-14,16H,4-7,9-10,15H2,1-3H3,(H,25,31)/t24-/m0/s1. The molecule has 1 aromatic carbocycles. The predicted octanol–water partition coefficient (Wildman–Crippen LogP) is 2.94. The number of carbonyl (C=O) groups is 3. The van der Waals surface area contributed by atoms with Crippen molar-refractivity contribution in [2.75, 3.05) is 19.1 Å². The number of fused-ring (bicyclic) bond motifs is 1. The molecule has 9 nitrogen and oxygen atoms in total. The van der Waals surface area contributed by atoms with Crippen molar-refractivity contribution in [2.24, 2.45) is 0 Å². The average molecular weight is 455 g/mol. The number of anilines is 1. The molecule has 33 heavy (non-hydrogen) atoms. The number of benzene rings is 1. The van der Waals surface area contributed by atoms with Gasteiger partial charge in [-0.25, -0.2) is 4.79 Å². The van der Waals surface area contributed by atoms with Gasteiger partial charge in [-0.1, -0.05) is 31.7 Å². The molecule has 0 unspecified atom stereocenters. The molecule has 1 aromatic heterocycles. The fourth-order valence-corrected chi connectivity index (χ4v) is 4.70. The Morgan fingerprint density at radius 2 is 1.85 bits per heavy atom. The molecule has 1 atom stereocenters. The normalized spacial score (nSPS) is 21.2. The van der Waals surface area contributed by atoms with Gasteiger partial charge in [0.15, 0.2) is 5.69 Å². The van der Waals surface area contributed by atoms with Crippen LogP contribution < -0.4 is 15.0 Å². The lowest BCUT2D eigenvalue weighted by Crippen LogP contribution is -2.65. The Morgan fingerprint density at radius 1 is 1.12 bits per heavy atom. The van der Waals surface area contributed by atoms with E-state index in [4.69, 9.17) is 9.47 Å². The molecule has 4 rings (SSSR count). The first kappa shape index (κ1) is 22.8. The van der Waals surface area contributed by atoms with Crippen LogP contribution in [0.25, 0.3) is 0 Å². The van der Waals surface area contributed by atoms with Crippen LogP contribution in [0.15, 0.2) is 30.3 Å². The molecule has 0 spiro atoms. The number of aromatic nitrogens is 2. The van der Waals surface area contributed by atoms with Crippen molar-refractivity contribution in [1.29, 1.82) is 0 Å². The van der Waals surface area contributed by atoms with Gasteiger partial charge in [-0.05, 0) is 31.9 Å². The zero-order valence-electron chi connectivity index (χ0n) is 19.3. The van der Waals surface area contributed by atoms with Gasteiger partial charge in [-0.15, -0.1) is 0 Å². The second-order valence-electron chi connectivity index (χ2n) is 8.84. The van der Waals surface area contributed by atoms with Crippen molar-refractivity contribution in [3.63, 3.8) is 0 Å². The van der Waals surface area contributed by atoms with Crippen LogP contribution in [-0.2, 0) is 16.1 Å². The summed E-state index contributed by atoms with van der Waals surface area (Å²) in [5.74, 6) is -0.731. The summed E-state index contributed by atoms with van der Waals surface area (Å²) >= 11 is 0. The van der Waals surface area contributed by atoms with E-state index in [0.29, 0.717) is 11.4 Å². The van der Waals surface area contributed by atoms with Crippen LogP contribution in [0.3, 0.4) is 0 Å². The van der Waals surface area contributed by atoms with E-state index >= 15 is 0 Å². The highest BCUT2D eigenvalue weighted by atomic mass is 16.5. The molecule has 2 aliphatic rings.